The van der Waals surface area contributed by atoms with Crippen molar-refractivity contribution in [1.82, 2.24) is 5.32 Å². The largest absolute Gasteiger partial charge is 0.467 e. The first-order valence-electron chi connectivity index (χ1n) is 7.01. The fourth-order valence-electron chi connectivity index (χ4n) is 2.66. The van der Waals surface area contributed by atoms with Gasteiger partial charge in [0, 0.05) is 11.6 Å². The molecule has 1 aromatic carbocycles. The van der Waals surface area contributed by atoms with E-state index in [1.54, 1.807) is 0 Å². The van der Waals surface area contributed by atoms with Crippen LogP contribution in [0.2, 0.25) is 5.02 Å². The molecule has 0 saturated heterocycles. The van der Waals surface area contributed by atoms with Crippen molar-refractivity contribution in [3.63, 3.8) is 0 Å². The van der Waals surface area contributed by atoms with E-state index in [0.29, 0.717) is 12.8 Å². The lowest BCUT2D eigenvalue weighted by Crippen LogP contribution is -2.52. The summed E-state index contributed by atoms with van der Waals surface area (Å²) in [5.74, 6) is -1.44. The highest BCUT2D eigenvalue weighted by Gasteiger charge is 2.43. The van der Waals surface area contributed by atoms with Crippen molar-refractivity contribution in [1.29, 1.82) is 0 Å². The van der Waals surface area contributed by atoms with E-state index >= 15 is 0 Å². The van der Waals surface area contributed by atoms with E-state index in [1.165, 1.54) is 37.5 Å². The van der Waals surface area contributed by atoms with Crippen molar-refractivity contribution < 1.29 is 18.7 Å². The summed E-state index contributed by atoms with van der Waals surface area (Å²) in [6.07, 6.45) is 5.25. The van der Waals surface area contributed by atoms with Crippen LogP contribution in [0.1, 0.15) is 31.2 Å². The van der Waals surface area contributed by atoms with Gasteiger partial charge in [-0.1, -0.05) is 30.5 Å². The Morgan fingerprint density at radius 1 is 1.36 bits per heavy atom. The predicted molar refractivity (Wildman–Crippen MR) is 81.8 cm³/mol. The van der Waals surface area contributed by atoms with Gasteiger partial charge in [0.2, 0.25) is 5.91 Å². The summed E-state index contributed by atoms with van der Waals surface area (Å²) in [6, 6.07) is 4.28. The first-order chi connectivity index (χ1) is 10.5. The fourth-order valence-corrected chi connectivity index (χ4v) is 2.89. The Morgan fingerprint density at radius 3 is 2.64 bits per heavy atom. The number of carbonyl (C=O) groups excluding carboxylic acids is 2. The number of ether oxygens (including phenoxy) is 1. The lowest BCUT2D eigenvalue weighted by Gasteiger charge is -2.26. The van der Waals surface area contributed by atoms with E-state index in [4.69, 9.17) is 16.3 Å². The lowest BCUT2D eigenvalue weighted by atomic mass is 9.97. The molecule has 1 aliphatic carbocycles. The standard InChI is InChI=1S/C16H17ClFNO3/c1-22-15(21)16(9-2-3-10-16)19-14(20)8-7-11-12(17)5-4-6-13(11)18/h4-8H,2-3,9-10H2,1H3,(H,19,20). The molecule has 6 heteroatoms. The molecule has 0 heterocycles. The highest BCUT2D eigenvalue weighted by Crippen LogP contribution is 2.31. The third-order valence-electron chi connectivity index (χ3n) is 3.80. The van der Waals surface area contributed by atoms with Crippen molar-refractivity contribution in [2.24, 2.45) is 0 Å². The molecule has 0 atom stereocenters. The van der Waals surface area contributed by atoms with E-state index in [2.05, 4.69) is 5.32 Å². The summed E-state index contributed by atoms with van der Waals surface area (Å²) < 4.78 is 18.4. The summed E-state index contributed by atoms with van der Waals surface area (Å²) in [4.78, 5) is 24.0. The fraction of sp³-hybridized carbons (Fsp3) is 0.375. The number of amides is 1. The van der Waals surface area contributed by atoms with Crippen LogP contribution in [0.4, 0.5) is 4.39 Å². The Labute approximate surface area is 133 Å². The topological polar surface area (TPSA) is 55.4 Å². The zero-order valence-corrected chi connectivity index (χ0v) is 13.0. The van der Waals surface area contributed by atoms with E-state index < -0.39 is 23.2 Å². The molecular weight excluding hydrogens is 309 g/mol. The Balaban J connectivity index is 2.12. The molecular formula is C16H17ClFNO3. The van der Waals surface area contributed by atoms with Crippen LogP contribution in [0.15, 0.2) is 24.3 Å². The first-order valence-corrected chi connectivity index (χ1v) is 7.39. The average Bonchev–Trinajstić information content (AvgIpc) is 2.95. The van der Waals surface area contributed by atoms with Gasteiger partial charge in [0.25, 0.3) is 0 Å². The van der Waals surface area contributed by atoms with Gasteiger partial charge in [0.05, 0.1) is 12.1 Å². The van der Waals surface area contributed by atoms with E-state index in [-0.39, 0.29) is 10.6 Å². The monoisotopic (exact) mass is 325 g/mol. The number of esters is 1. The number of methoxy groups -OCH3 is 1. The minimum Gasteiger partial charge on any atom is -0.467 e. The number of carbonyl (C=O) groups is 2. The summed E-state index contributed by atoms with van der Waals surface area (Å²) in [6.45, 7) is 0. The van der Waals surface area contributed by atoms with Crippen LogP contribution in [-0.4, -0.2) is 24.5 Å². The van der Waals surface area contributed by atoms with Crippen molar-refractivity contribution in [2.45, 2.75) is 31.2 Å². The van der Waals surface area contributed by atoms with Gasteiger partial charge in [-0.2, -0.15) is 0 Å². The maximum atomic E-state index is 13.6. The average molecular weight is 326 g/mol. The van der Waals surface area contributed by atoms with Gasteiger partial charge in [-0.05, 0) is 31.1 Å². The predicted octanol–water partition coefficient (Wildman–Crippen LogP) is 3.09. The molecule has 1 amide bonds. The van der Waals surface area contributed by atoms with Crippen LogP contribution in [0.5, 0.6) is 0 Å². The van der Waals surface area contributed by atoms with Gasteiger partial charge in [0.1, 0.15) is 11.4 Å². The molecule has 0 bridgehead atoms. The maximum absolute atomic E-state index is 13.6. The van der Waals surface area contributed by atoms with Crippen LogP contribution < -0.4 is 5.32 Å². The molecule has 1 N–H and O–H groups in total. The minimum absolute atomic E-state index is 0.137. The molecule has 22 heavy (non-hydrogen) atoms. The number of halogens is 2. The van der Waals surface area contributed by atoms with Crippen molar-refractivity contribution in [3.05, 3.63) is 40.7 Å². The number of nitrogens with one attached hydrogen (secondary N) is 1. The molecule has 0 aliphatic heterocycles. The van der Waals surface area contributed by atoms with Crippen LogP contribution in [0, 0.1) is 5.82 Å². The molecule has 1 fully saturated rings. The van der Waals surface area contributed by atoms with Crippen molar-refractivity contribution in [2.75, 3.05) is 7.11 Å². The molecule has 1 saturated carbocycles. The van der Waals surface area contributed by atoms with Gasteiger partial charge in [-0.3, -0.25) is 4.79 Å². The van der Waals surface area contributed by atoms with Gasteiger partial charge in [-0.15, -0.1) is 0 Å². The SMILES string of the molecule is COC(=O)C1(NC(=O)C=Cc2c(F)cccc2Cl)CCCC1. The van der Waals surface area contributed by atoms with Crippen molar-refractivity contribution >= 4 is 29.6 Å². The number of benzene rings is 1. The number of hydrogen-bond donors (Lipinski definition) is 1. The smallest absolute Gasteiger partial charge is 0.331 e. The zero-order valence-electron chi connectivity index (χ0n) is 12.2. The second kappa shape index (κ2) is 6.92. The van der Waals surface area contributed by atoms with E-state index in [0.717, 1.165) is 12.8 Å². The Hall–Kier alpha value is -1.88. The van der Waals surface area contributed by atoms with Crippen LogP contribution in [0.25, 0.3) is 6.08 Å². The summed E-state index contributed by atoms with van der Waals surface area (Å²) in [5, 5.41) is 2.90. The maximum Gasteiger partial charge on any atom is 0.331 e. The third-order valence-corrected chi connectivity index (χ3v) is 4.13. The molecule has 118 valence electrons. The van der Waals surface area contributed by atoms with Crippen LogP contribution in [0.3, 0.4) is 0 Å². The highest BCUT2D eigenvalue weighted by molar-refractivity contribution is 6.32. The molecule has 0 radical (unpaired) electrons. The highest BCUT2D eigenvalue weighted by atomic mass is 35.5. The number of hydrogen-bond acceptors (Lipinski definition) is 3. The van der Waals surface area contributed by atoms with Gasteiger partial charge >= 0.3 is 5.97 Å². The van der Waals surface area contributed by atoms with Gasteiger partial charge in [-0.25, -0.2) is 9.18 Å². The zero-order chi connectivity index (χ0) is 16.2. The van der Waals surface area contributed by atoms with Crippen molar-refractivity contribution in [3.8, 4) is 0 Å². The first kappa shape index (κ1) is 16.5. The summed E-state index contributed by atoms with van der Waals surface area (Å²) in [5.41, 5.74) is -0.840. The molecule has 0 unspecified atom stereocenters. The summed E-state index contributed by atoms with van der Waals surface area (Å²) >= 11 is 5.89. The van der Waals surface area contributed by atoms with Crippen LogP contribution in [-0.2, 0) is 14.3 Å². The molecule has 0 spiro atoms. The minimum atomic E-state index is -0.977. The molecule has 2 rings (SSSR count). The molecule has 0 aromatic heterocycles. The molecule has 1 aliphatic rings. The Morgan fingerprint density at radius 2 is 2.05 bits per heavy atom. The lowest BCUT2D eigenvalue weighted by molar-refractivity contribution is -0.150. The van der Waals surface area contributed by atoms with Gasteiger partial charge in [0.15, 0.2) is 0 Å². The normalized spacial score (nSPS) is 16.7. The van der Waals surface area contributed by atoms with Crippen LogP contribution >= 0.6 is 11.6 Å². The molecule has 4 nitrogen and oxygen atoms in total. The second-order valence-corrected chi connectivity index (χ2v) is 5.65. The Kier molecular flexibility index (Phi) is 5.19. The third kappa shape index (κ3) is 3.47. The molecule has 1 aromatic rings. The quantitative estimate of drug-likeness (QED) is 0.683. The number of rotatable bonds is 4. The second-order valence-electron chi connectivity index (χ2n) is 5.24. The van der Waals surface area contributed by atoms with Gasteiger partial charge < -0.3 is 10.1 Å². The Bertz CT molecular complexity index is 589. The van der Waals surface area contributed by atoms with E-state index in [9.17, 15) is 14.0 Å². The summed E-state index contributed by atoms with van der Waals surface area (Å²) in [7, 11) is 1.30. The van der Waals surface area contributed by atoms with E-state index in [1.807, 2.05) is 0 Å².